The quantitative estimate of drug-likeness (QED) is 0.536. The van der Waals surface area contributed by atoms with Crippen molar-refractivity contribution in [3.05, 3.63) is 70.8 Å². The number of benzene rings is 2. The van der Waals surface area contributed by atoms with Gasteiger partial charge in [0.2, 0.25) is 11.8 Å². The molecule has 0 aliphatic carbocycles. The topological polar surface area (TPSA) is 129 Å². The molecule has 0 aliphatic rings. The predicted octanol–water partition coefficient (Wildman–Crippen LogP) is 1.97. The van der Waals surface area contributed by atoms with Gasteiger partial charge in [0.1, 0.15) is 12.1 Å². The van der Waals surface area contributed by atoms with E-state index in [0.717, 1.165) is 11.1 Å². The lowest BCUT2D eigenvalue weighted by Gasteiger charge is -2.20. The first kappa shape index (κ1) is 23.6. The molecule has 0 fully saturated rings. The van der Waals surface area contributed by atoms with Gasteiger partial charge in [-0.1, -0.05) is 42.0 Å². The molecular formula is C23H25N3O5. The summed E-state index contributed by atoms with van der Waals surface area (Å²) in [6.45, 7) is 3.27. The van der Waals surface area contributed by atoms with E-state index in [2.05, 4.69) is 10.6 Å². The van der Waals surface area contributed by atoms with Crippen molar-refractivity contribution in [2.45, 2.75) is 39.0 Å². The number of carbonyl (C=O) groups excluding carboxylic acids is 2. The summed E-state index contributed by atoms with van der Waals surface area (Å²) in [6.07, 6.45) is 0.286. The molecule has 0 bridgehead atoms. The molecule has 2 rings (SSSR count). The van der Waals surface area contributed by atoms with Crippen LogP contribution in [0.5, 0.6) is 0 Å². The Balaban J connectivity index is 1.95. The fraction of sp³-hybridized carbons (Fsp3) is 0.304. The largest absolute Gasteiger partial charge is 0.478 e. The Labute approximate surface area is 180 Å². The van der Waals surface area contributed by atoms with Crippen molar-refractivity contribution in [2.24, 2.45) is 0 Å². The monoisotopic (exact) mass is 423 g/mol. The van der Waals surface area contributed by atoms with Crippen molar-refractivity contribution in [1.29, 1.82) is 5.26 Å². The fourth-order valence-corrected chi connectivity index (χ4v) is 3.00. The van der Waals surface area contributed by atoms with Crippen LogP contribution in [0.1, 0.15) is 34.0 Å². The molecule has 0 spiro atoms. The molecule has 2 aromatic carbocycles. The van der Waals surface area contributed by atoms with Crippen LogP contribution in [0.4, 0.5) is 0 Å². The molecule has 162 valence electrons. The van der Waals surface area contributed by atoms with E-state index in [4.69, 9.17) is 9.84 Å². The minimum absolute atomic E-state index is 0.0865. The van der Waals surface area contributed by atoms with Crippen LogP contribution in [-0.2, 0) is 27.4 Å². The number of carboxylic acid groups (broad SMARTS) is 1. The summed E-state index contributed by atoms with van der Waals surface area (Å²) in [6, 6.07) is 14.1. The van der Waals surface area contributed by atoms with Crippen LogP contribution in [0.15, 0.2) is 48.5 Å². The van der Waals surface area contributed by atoms with Gasteiger partial charge in [0.25, 0.3) is 0 Å². The summed E-state index contributed by atoms with van der Waals surface area (Å²) in [5, 5.41) is 23.6. The molecule has 0 aliphatic heterocycles. The highest BCUT2D eigenvalue weighted by Gasteiger charge is 2.23. The van der Waals surface area contributed by atoms with E-state index in [9.17, 15) is 19.6 Å². The Kier molecular flexibility index (Phi) is 8.73. The Morgan fingerprint density at radius 2 is 1.81 bits per heavy atom. The number of hydrogen-bond donors (Lipinski definition) is 3. The van der Waals surface area contributed by atoms with E-state index in [0.29, 0.717) is 5.56 Å². The maximum atomic E-state index is 12.7. The molecule has 31 heavy (non-hydrogen) atoms. The predicted molar refractivity (Wildman–Crippen MR) is 113 cm³/mol. The summed E-state index contributed by atoms with van der Waals surface area (Å²) in [5.74, 6) is -1.88. The third-order valence-electron chi connectivity index (χ3n) is 4.42. The number of rotatable bonds is 10. The molecule has 8 heteroatoms. The molecule has 0 heterocycles. The highest BCUT2D eigenvalue weighted by atomic mass is 16.5. The molecule has 8 nitrogen and oxygen atoms in total. The zero-order chi connectivity index (χ0) is 22.8. The minimum atomic E-state index is -1.04. The first-order valence-corrected chi connectivity index (χ1v) is 9.71. The van der Waals surface area contributed by atoms with E-state index >= 15 is 0 Å². The van der Waals surface area contributed by atoms with Crippen molar-refractivity contribution < 1.29 is 24.2 Å². The second-order valence-corrected chi connectivity index (χ2v) is 7.16. The number of aryl methyl sites for hydroxylation is 1. The van der Waals surface area contributed by atoms with Crippen LogP contribution < -0.4 is 10.6 Å². The molecule has 2 aromatic rings. The molecule has 2 atom stereocenters. The smallest absolute Gasteiger partial charge is 0.335 e. The average molecular weight is 423 g/mol. The van der Waals surface area contributed by atoms with Crippen molar-refractivity contribution in [1.82, 2.24) is 10.6 Å². The van der Waals surface area contributed by atoms with Crippen LogP contribution in [0, 0.1) is 18.3 Å². The summed E-state index contributed by atoms with van der Waals surface area (Å²) in [4.78, 5) is 35.3. The number of carbonyl (C=O) groups is 3. The van der Waals surface area contributed by atoms with Crippen molar-refractivity contribution in [3.63, 3.8) is 0 Å². The van der Waals surface area contributed by atoms with Gasteiger partial charge < -0.3 is 20.5 Å². The van der Waals surface area contributed by atoms with Gasteiger partial charge in [0, 0.05) is 13.3 Å². The molecular weight excluding hydrogens is 398 g/mol. The second-order valence-electron chi connectivity index (χ2n) is 7.16. The van der Waals surface area contributed by atoms with E-state index in [1.54, 1.807) is 12.1 Å². The van der Waals surface area contributed by atoms with Crippen LogP contribution >= 0.6 is 0 Å². The molecule has 3 N–H and O–H groups in total. The van der Waals surface area contributed by atoms with Crippen molar-refractivity contribution >= 4 is 17.8 Å². The third kappa shape index (κ3) is 7.91. The fourth-order valence-electron chi connectivity index (χ4n) is 3.00. The summed E-state index contributed by atoms with van der Waals surface area (Å²) >= 11 is 0. The highest BCUT2D eigenvalue weighted by molar-refractivity contribution is 5.88. The zero-order valence-electron chi connectivity index (χ0n) is 17.4. The second kappa shape index (κ2) is 11.5. The van der Waals surface area contributed by atoms with Gasteiger partial charge in [0.05, 0.1) is 24.8 Å². The first-order valence-electron chi connectivity index (χ1n) is 9.71. The average Bonchev–Trinajstić information content (AvgIpc) is 2.72. The Morgan fingerprint density at radius 1 is 1.10 bits per heavy atom. The molecule has 2 amide bonds. The zero-order valence-corrected chi connectivity index (χ0v) is 17.4. The molecule has 0 saturated carbocycles. The number of hydrogen-bond acceptors (Lipinski definition) is 5. The van der Waals surface area contributed by atoms with Crippen molar-refractivity contribution in [2.75, 3.05) is 6.61 Å². The van der Waals surface area contributed by atoms with E-state index in [1.165, 1.54) is 19.1 Å². The SMILES string of the molecule is CC(=O)N[C@@H](Cc1cccc(C)c1)C(=O)N[C@H](C#N)COCc1cccc(C(=O)O)c1. The van der Waals surface area contributed by atoms with E-state index in [-0.39, 0.29) is 31.1 Å². The number of aromatic carboxylic acids is 1. The lowest BCUT2D eigenvalue weighted by molar-refractivity contribution is -0.128. The lowest BCUT2D eigenvalue weighted by Crippen LogP contribution is -2.50. The van der Waals surface area contributed by atoms with Gasteiger partial charge in [-0.15, -0.1) is 0 Å². The van der Waals surface area contributed by atoms with Gasteiger partial charge in [0.15, 0.2) is 0 Å². The number of nitrogens with one attached hydrogen (secondary N) is 2. The van der Waals surface area contributed by atoms with Gasteiger partial charge in [-0.2, -0.15) is 5.26 Å². The molecule has 0 unspecified atom stereocenters. The van der Waals surface area contributed by atoms with E-state index in [1.807, 2.05) is 37.3 Å². The molecule has 0 radical (unpaired) electrons. The number of nitrogens with zero attached hydrogens (tertiary/aromatic N) is 1. The maximum Gasteiger partial charge on any atom is 0.335 e. The first-order chi connectivity index (χ1) is 14.8. The summed E-state index contributed by atoms with van der Waals surface area (Å²) < 4.78 is 5.49. The lowest BCUT2D eigenvalue weighted by atomic mass is 10.0. The van der Waals surface area contributed by atoms with Gasteiger partial charge in [-0.05, 0) is 30.2 Å². The standard InChI is InChI=1S/C23H25N3O5/c1-15-5-3-6-17(9-15)11-21(25-16(2)27)22(28)26-20(12-24)14-31-13-18-7-4-8-19(10-18)23(29)30/h3-10,20-21H,11,13-14H2,1-2H3,(H,25,27)(H,26,28)(H,29,30)/t20-,21+/m1/s1. The van der Waals surface area contributed by atoms with Crippen LogP contribution in [0.3, 0.4) is 0 Å². The number of amides is 2. The van der Waals surface area contributed by atoms with Gasteiger partial charge >= 0.3 is 5.97 Å². The van der Waals surface area contributed by atoms with Crippen LogP contribution in [0.25, 0.3) is 0 Å². The van der Waals surface area contributed by atoms with E-state index < -0.39 is 24.0 Å². The van der Waals surface area contributed by atoms with Crippen LogP contribution in [0.2, 0.25) is 0 Å². The maximum absolute atomic E-state index is 12.7. The minimum Gasteiger partial charge on any atom is -0.478 e. The third-order valence-corrected chi connectivity index (χ3v) is 4.42. The summed E-state index contributed by atoms with van der Waals surface area (Å²) in [5.41, 5.74) is 2.70. The summed E-state index contributed by atoms with van der Waals surface area (Å²) in [7, 11) is 0. The Morgan fingerprint density at radius 3 is 2.45 bits per heavy atom. The van der Waals surface area contributed by atoms with Crippen LogP contribution in [-0.4, -0.2) is 41.6 Å². The van der Waals surface area contributed by atoms with Gasteiger partial charge in [-0.25, -0.2) is 4.79 Å². The van der Waals surface area contributed by atoms with Gasteiger partial charge in [-0.3, -0.25) is 9.59 Å². The molecule has 0 aromatic heterocycles. The van der Waals surface area contributed by atoms with Crippen molar-refractivity contribution in [3.8, 4) is 6.07 Å². The number of ether oxygens (including phenoxy) is 1. The normalized spacial score (nSPS) is 12.3. The highest BCUT2D eigenvalue weighted by Crippen LogP contribution is 2.09. The number of nitriles is 1. The Bertz CT molecular complexity index is 983. The number of carboxylic acids is 1. The molecule has 0 saturated heterocycles. The Hall–Kier alpha value is -3.70.